The molecule has 5 heteroatoms. The minimum atomic E-state index is -0.184. The van der Waals surface area contributed by atoms with E-state index in [0.717, 1.165) is 19.4 Å². The fraction of sp³-hybridized carbons (Fsp3) is 0.833. The van der Waals surface area contributed by atoms with E-state index in [1.165, 1.54) is 0 Å². The molecule has 5 nitrogen and oxygen atoms in total. The molecule has 0 radical (unpaired) electrons. The number of nitrogens with zero attached hydrogens (tertiary/aromatic N) is 1. The minimum absolute atomic E-state index is 0.0563. The number of esters is 1. The topological polar surface area (TPSA) is 55.8 Å². The minimum Gasteiger partial charge on any atom is -0.466 e. The zero-order chi connectivity index (χ0) is 12.7. The Morgan fingerprint density at radius 3 is 2.82 bits per heavy atom. The van der Waals surface area contributed by atoms with E-state index in [-0.39, 0.29) is 17.8 Å². The lowest BCUT2D eigenvalue weighted by molar-refractivity contribution is -0.151. The van der Waals surface area contributed by atoms with Gasteiger partial charge in [-0.2, -0.15) is 0 Å². The van der Waals surface area contributed by atoms with Crippen LogP contribution in [0.2, 0.25) is 0 Å². The van der Waals surface area contributed by atoms with Gasteiger partial charge in [0, 0.05) is 20.2 Å². The Balaban J connectivity index is 2.42. The second kappa shape index (κ2) is 7.27. The SMILES string of the molecule is CCOC(=O)[C@@H]1CCCN(C(=O)CCOC)C1. The number of piperidine rings is 1. The van der Waals surface area contributed by atoms with Crippen LogP contribution in [0, 0.1) is 5.92 Å². The molecule has 0 saturated carbocycles. The zero-order valence-corrected chi connectivity index (χ0v) is 10.6. The lowest BCUT2D eigenvalue weighted by Gasteiger charge is -2.31. The van der Waals surface area contributed by atoms with Crippen LogP contribution in [0.15, 0.2) is 0 Å². The normalized spacial score (nSPS) is 20.1. The van der Waals surface area contributed by atoms with Crippen LogP contribution in [0.4, 0.5) is 0 Å². The molecule has 0 aromatic heterocycles. The van der Waals surface area contributed by atoms with Gasteiger partial charge in [0.1, 0.15) is 0 Å². The molecule has 1 fully saturated rings. The van der Waals surface area contributed by atoms with Gasteiger partial charge in [-0.25, -0.2) is 0 Å². The molecule has 98 valence electrons. The van der Waals surface area contributed by atoms with Crippen molar-refractivity contribution < 1.29 is 19.1 Å². The summed E-state index contributed by atoms with van der Waals surface area (Å²) in [4.78, 5) is 25.1. The maximum atomic E-state index is 11.8. The van der Waals surface area contributed by atoms with Gasteiger partial charge in [-0.15, -0.1) is 0 Å². The number of hydrogen-bond donors (Lipinski definition) is 0. The first-order valence-corrected chi connectivity index (χ1v) is 6.12. The van der Waals surface area contributed by atoms with Crippen molar-refractivity contribution in [2.24, 2.45) is 5.92 Å². The van der Waals surface area contributed by atoms with E-state index in [2.05, 4.69) is 0 Å². The number of carbonyl (C=O) groups excluding carboxylic acids is 2. The number of rotatable bonds is 5. The summed E-state index contributed by atoms with van der Waals surface area (Å²) in [5, 5.41) is 0. The molecule has 1 atom stereocenters. The molecular weight excluding hydrogens is 222 g/mol. The van der Waals surface area contributed by atoms with E-state index in [1.807, 2.05) is 0 Å². The summed E-state index contributed by atoms with van der Waals surface area (Å²) in [6.07, 6.45) is 2.06. The highest BCUT2D eigenvalue weighted by Gasteiger charge is 2.28. The summed E-state index contributed by atoms with van der Waals surface area (Å²) in [5.74, 6) is -0.284. The van der Waals surface area contributed by atoms with E-state index in [4.69, 9.17) is 9.47 Å². The smallest absolute Gasteiger partial charge is 0.310 e. The molecule has 17 heavy (non-hydrogen) atoms. The summed E-state index contributed by atoms with van der Waals surface area (Å²) in [5.41, 5.74) is 0. The second-order valence-electron chi connectivity index (χ2n) is 4.17. The average Bonchev–Trinajstić information content (AvgIpc) is 2.36. The second-order valence-corrected chi connectivity index (χ2v) is 4.17. The fourth-order valence-corrected chi connectivity index (χ4v) is 2.00. The molecule has 0 aromatic rings. The monoisotopic (exact) mass is 243 g/mol. The predicted molar refractivity (Wildman–Crippen MR) is 62.4 cm³/mol. The van der Waals surface area contributed by atoms with Crippen LogP contribution >= 0.6 is 0 Å². The summed E-state index contributed by atoms with van der Waals surface area (Å²) >= 11 is 0. The molecule has 1 saturated heterocycles. The first kappa shape index (κ1) is 14.0. The van der Waals surface area contributed by atoms with Crippen molar-refractivity contribution in [3.05, 3.63) is 0 Å². The van der Waals surface area contributed by atoms with Crippen molar-refractivity contribution in [1.82, 2.24) is 4.90 Å². The maximum absolute atomic E-state index is 11.8. The third kappa shape index (κ3) is 4.34. The Bertz CT molecular complexity index is 267. The van der Waals surface area contributed by atoms with Gasteiger partial charge in [-0.3, -0.25) is 9.59 Å². The van der Waals surface area contributed by atoms with Crippen LogP contribution < -0.4 is 0 Å². The van der Waals surface area contributed by atoms with Crippen LogP contribution in [0.25, 0.3) is 0 Å². The first-order valence-electron chi connectivity index (χ1n) is 6.12. The molecular formula is C12H21NO4. The van der Waals surface area contributed by atoms with Crippen molar-refractivity contribution in [1.29, 1.82) is 0 Å². The maximum Gasteiger partial charge on any atom is 0.310 e. The van der Waals surface area contributed by atoms with E-state index >= 15 is 0 Å². The molecule has 0 bridgehead atoms. The highest BCUT2D eigenvalue weighted by atomic mass is 16.5. The largest absolute Gasteiger partial charge is 0.466 e. The van der Waals surface area contributed by atoms with Gasteiger partial charge in [0.25, 0.3) is 0 Å². The van der Waals surface area contributed by atoms with Gasteiger partial charge in [-0.05, 0) is 19.8 Å². The molecule has 1 aliphatic heterocycles. The molecule has 1 aliphatic rings. The summed E-state index contributed by atoms with van der Waals surface area (Å²) in [7, 11) is 1.57. The van der Waals surface area contributed by atoms with Crippen LogP contribution in [-0.2, 0) is 19.1 Å². The van der Waals surface area contributed by atoms with E-state index < -0.39 is 0 Å². The highest BCUT2D eigenvalue weighted by Crippen LogP contribution is 2.18. The standard InChI is InChI=1S/C12H21NO4/c1-3-17-12(15)10-5-4-7-13(9-10)11(14)6-8-16-2/h10H,3-9H2,1-2H3/t10-/m1/s1. The zero-order valence-electron chi connectivity index (χ0n) is 10.6. The Hall–Kier alpha value is -1.10. The van der Waals surface area contributed by atoms with Crippen LogP contribution in [0.3, 0.4) is 0 Å². The quantitative estimate of drug-likeness (QED) is 0.671. The van der Waals surface area contributed by atoms with Crippen molar-refractivity contribution in [2.75, 3.05) is 33.4 Å². The lowest BCUT2D eigenvalue weighted by atomic mass is 9.98. The number of likely N-dealkylation sites (tertiary alicyclic amines) is 1. The number of methoxy groups -OCH3 is 1. The number of hydrogen-bond acceptors (Lipinski definition) is 4. The van der Waals surface area contributed by atoms with Gasteiger partial charge >= 0.3 is 5.97 Å². The number of ether oxygens (including phenoxy) is 2. The van der Waals surface area contributed by atoms with E-state index in [0.29, 0.717) is 26.2 Å². The van der Waals surface area contributed by atoms with Crippen molar-refractivity contribution >= 4 is 11.9 Å². The molecule has 1 rings (SSSR count). The van der Waals surface area contributed by atoms with Crippen LogP contribution in [0.1, 0.15) is 26.2 Å². The highest BCUT2D eigenvalue weighted by molar-refractivity contribution is 5.78. The molecule has 0 unspecified atom stereocenters. The average molecular weight is 243 g/mol. The molecule has 0 aromatic carbocycles. The van der Waals surface area contributed by atoms with Gasteiger partial charge in [-0.1, -0.05) is 0 Å². The number of amides is 1. The molecule has 1 heterocycles. The van der Waals surface area contributed by atoms with Crippen LogP contribution in [-0.4, -0.2) is 50.2 Å². The summed E-state index contributed by atoms with van der Waals surface area (Å²) in [6.45, 7) is 3.84. The van der Waals surface area contributed by atoms with Gasteiger partial charge in [0.05, 0.1) is 25.6 Å². The van der Waals surface area contributed by atoms with Crippen LogP contribution in [0.5, 0.6) is 0 Å². The summed E-state index contributed by atoms with van der Waals surface area (Å²) in [6, 6.07) is 0. The molecule has 0 aliphatic carbocycles. The third-order valence-electron chi connectivity index (χ3n) is 2.91. The Morgan fingerprint density at radius 1 is 1.41 bits per heavy atom. The number of carbonyl (C=O) groups is 2. The van der Waals surface area contributed by atoms with Gasteiger partial charge < -0.3 is 14.4 Å². The van der Waals surface area contributed by atoms with Crippen molar-refractivity contribution in [3.8, 4) is 0 Å². The van der Waals surface area contributed by atoms with Crippen molar-refractivity contribution in [2.45, 2.75) is 26.2 Å². The lowest BCUT2D eigenvalue weighted by Crippen LogP contribution is -2.43. The third-order valence-corrected chi connectivity index (χ3v) is 2.91. The van der Waals surface area contributed by atoms with E-state index in [9.17, 15) is 9.59 Å². The van der Waals surface area contributed by atoms with Gasteiger partial charge in [0.15, 0.2) is 0 Å². The van der Waals surface area contributed by atoms with Gasteiger partial charge in [0.2, 0.25) is 5.91 Å². The Labute approximate surface area is 102 Å². The predicted octanol–water partition coefficient (Wildman–Crippen LogP) is 0.825. The fourth-order valence-electron chi connectivity index (χ4n) is 2.00. The molecule has 0 spiro atoms. The molecule has 0 N–H and O–H groups in total. The Morgan fingerprint density at radius 2 is 2.18 bits per heavy atom. The first-order chi connectivity index (χ1) is 8.19. The van der Waals surface area contributed by atoms with Crippen molar-refractivity contribution in [3.63, 3.8) is 0 Å². The van der Waals surface area contributed by atoms with E-state index in [1.54, 1.807) is 18.9 Å². The Kier molecular flexibility index (Phi) is 5.97. The summed E-state index contributed by atoms with van der Waals surface area (Å²) < 4.78 is 9.87. The molecule has 1 amide bonds.